The number of carbonyl (C=O) groups excluding carboxylic acids is 5. The van der Waals surface area contributed by atoms with Crippen molar-refractivity contribution in [2.75, 3.05) is 13.6 Å². The zero-order valence-electron chi connectivity index (χ0n) is 32.5. The first kappa shape index (κ1) is 40.7. The summed E-state index contributed by atoms with van der Waals surface area (Å²) < 4.78 is 49.4. The topological polar surface area (TPSA) is 175 Å². The third-order valence-electron chi connectivity index (χ3n) is 11.3. The Hall–Kier alpha value is -4.99. The Morgan fingerprint density at radius 3 is 2.50 bits per heavy atom. The standard InChI is InChI=1S/C40H51FN6O8S/c1-25-14-11-12-19-33(25)56(53,54)44-36(50)40-21-27(40)16-9-7-6-8-10-18-31(42-37(51)45(5)39(2,3)4)35(49)47-23-28(20-32(47)34(48)43-40)55-38(52)46-22-26-15-13-17-30(41)29(26)24-46/h9,11-17,19,27-28,31-32H,6-8,10,18,20-24H2,1-5H3,(H,42,51)(H,43,48)(H,44,50)/b16-9-/t27-,28+,31-,32-,40+/m0/s1. The van der Waals surface area contributed by atoms with E-state index in [1.54, 1.807) is 44.3 Å². The summed E-state index contributed by atoms with van der Waals surface area (Å²) in [5, 5.41) is 5.68. The molecule has 5 atom stereocenters. The maximum Gasteiger partial charge on any atom is 0.410 e. The fourth-order valence-electron chi connectivity index (χ4n) is 7.57. The summed E-state index contributed by atoms with van der Waals surface area (Å²) in [4.78, 5) is 73.8. The number of halogens is 1. The van der Waals surface area contributed by atoms with Crippen molar-refractivity contribution in [1.29, 1.82) is 0 Å². The van der Waals surface area contributed by atoms with Gasteiger partial charge in [0.2, 0.25) is 11.8 Å². The Morgan fingerprint density at radius 1 is 1.04 bits per heavy atom. The van der Waals surface area contributed by atoms with E-state index in [1.165, 1.54) is 26.8 Å². The van der Waals surface area contributed by atoms with E-state index in [0.717, 1.165) is 12.8 Å². The number of urea groups is 1. The normalized spacial score (nSPS) is 26.0. The SMILES string of the molecule is Cc1ccccc1S(=O)(=O)NC(=O)[C@@]12C[C@@H]1/C=C\CCCCC[C@H](NC(=O)N(C)C(C)(C)C)C(=O)N1C[C@H](OC(=O)N3Cc4cccc(F)c4C3)C[C@H]1C(=O)N2. The maximum atomic E-state index is 14.5. The lowest BCUT2D eigenvalue weighted by Gasteiger charge is -2.35. The van der Waals surface area contributed by atoms with Gasteiger partial charge in [0.05, 0.1) is 18.0 Å². The van der Waals surface area contributed by atoms with Crippen LogP contribution < -0.4 is 15.4 Å². The first-order valence-electron chi connectivity index (χ1n) is 19.1. The molecule has 0 unspecified atom stereocenters. The first-order chi connectivity index (χ1) is 26.4. The molecule has 3 aliphatic heterocycles. The van der Waals surface area contributed by atoms with E-state index >= 15 is 0 Å². The van der Waals surface area contributed by atoms with E-state index in [9.17, 15) is 36.8 Å². The van der Waals surface area contributed by atoms with Crippen molar-refractivity contribution in [3.05, 3.63) is 77.1 Å². The molecule has 6 amide bonds. The summed E-state index contributed by atoms with van der Waals surface area (Å²) in [6.07, 6.45) is 4.98. The van der Waals surface area contributed by atoms with Gasteiger partial charge in [0.1, 0.15) is 29.5 Å². The molecule has 1 aliphatic carbocycles. The molecular formula is C40H51FN6O8S. The molecular weight excluding hydrogens is 744 g/mol. The number of carbonyl (C=O) groups is 5. The summed E-state index contributed by atoms with van der Waals surface area (Å²) in [5.74, 6) is -3.17. The van der Waals surface area contributed by atoms with Crippen LogP contribution in [0.1, 0.15) is 82.4 Å². The summed E-state index contributed by atoms with van der Waals surface area (Å²) in [7, 11) is -2.70. The zero-order valence-corrected chi connectivity index (χ0v) is 33.3. The van der Waals surface area contributed by atoms with Gasteiger partial charge in [0.25, 0.3) is 15.9 Å². The lowest BCUT2D eigenvalue weighted by atomic mass is 10.0. The fourth-order valence-corrected chi connectivity index (χ4v) is 8.85. The van der Waals surface area contributed by atoms with E-state index in [1.807, 2.05) is 32.9 Å². The van der Waals surface area contributed by atoms with Crippen LogP contribution in [0.25, 0.3) is 0 Å². The second-order valence-corrected chi connectivity index (χ2v) is 17.9. The van der Waals surface area contributed by atoms with E-state index < -0.39 is 80.9 Å². The number of aryl methyl sites for hydroxylation is 1. The minimum absolute atomic E-state index is 0.00648. The fraction of sp³-hybridized carbons (Fsp3) is 0.525. The molecule has 0 aromatic heterocycles. The van der Waals surface area contributed by atoms with Gasteiger partial charge in [-0.15, -0.1) is 0 Å². The number of hydrogen-bond donors (Lipinski definition) is 3. The lowest BCUT2D eigenvalue weighted by Crippen LogP contribution is -2.59. The Kier molecular flexibility index (Phi) is 11.5. The van der Waals surface area contributed by atoms with Gasteiger partial charge in [0, 0.05) is 37.0 Å². The van der Waals surface area contributed by atoms with Crippen LogP contribution in [-0.4, -0.2) is 95.8 Å². The lowest BCUT2D eigenvalue weighted by molar-refractivity contribution is -0.141. The quantitative estimate of drug-likeness (QED) is 0.377. The van der Waals surface area contributed by atoms with Crippen molar-refractivity contribution in [3.8, 4) is 0 Å². The van der Waals surface area contributed by atoms with E-state index in [2.05, 4.69) is 15.4 Å². The summed E-state index contributed by atoms with van der Waals surface area (Å²) in [5.41, 5.74) is -0.729. The molecule has 1 saturated carbocycles. The molecule has 0 bridgehead atoms. The van der Waals surface area contributed by atoms with Crippen LogP contribution in [0.4, 0.5) is 14.0 Å². The Bertz CT molecular complexity index is 2040. The molecule has 3 heterocycles. The molecule has 302 valence electrons. The number of rotatable bonds is 5. The van der Waals surface area contributed by atoms with Gasteiger partial charge in [-0.3, -0.25) is 19.3 Å². The summed E-state index contributed by atoms with van der Waals surface area (Å²) in [6.45, 7) is 7.10. The van der Waals surface area contributed by atoms with Crippen LogP contribution in [0.15, 0.2) is 59.5 Å². The molecule has 6 rings (SSSR count). The monoisotopic (exact) mass is 794 g/mol. The average Bonchev–Trinajstić information content (AvgIpc) is 3.42. The summed E-state index contributed by atoms with van der Waals surface area (Å²) in [6, 6.07) is 8.08. The number of amides is 6. The molecule has 16 heteroatoms. The van der Waals surface area contributed by atoms with Crippen LogP contribution in [0.3, 0.4) is 0 Å². The second kappa shape index (κ2) is 15.9. The second-order valence-electron chi connectivity index (χ2n) is 16.3. The molecule has 2 aromatic rings. The average molecular weight is 795 g/mol. The zero-order chi connectivity index (χ0) is 40.6. The molecule has 4 aliphatic rings. The van der Waals surface area contributed by atoms with Gasteiger partial charge in [-0.05, 0) is 76.6 Å². The van der Waals surface area contributed by atoms with E-state index in [-0.39, 0.29) is 43.8 Å². The van der Waals surface area contributed by atoms with Crippen LogP contribution in [0.5, 0.6) is 0 Å². The van der Waals surface area contributed by atoms with Gasteiger partial charge in [-0.1, -0.05) is 55.3 Å². The maximum absolute atomic E-state index is 14.5. The van der Waals surface area contributed by atoms with Crippen molar-refractivity contribution >= 4 is 39.9 Å². The highest BCUT2D eigenvalue weighted by Gasteiger charge is 2.62. The van der Waals surface area contributed by atoms with Gasteiger partial charge in [0.15, 0.2) is 0 Å². The number of benzene rings is 2. The Morgan fingerprint density at radius 2 is 1.79 bits per heavy atom. The van der Waals surface area contributed by atoms with E-state index in [0.29, 0.717) is 29.5 Å². The van der Waals surface area contributed by atoms with Crippen molar-refractivity contribution in [2.24, 2.45) is 5.92 Å². The third kappa shape index (κ3) is 8.54. The number of hydrogen-bond acceptors (Lipinski definition) is 8. The molecule has 0 radical (unpaired) electrons. The van der Waals surface area contributed by atoms with Gasteiger partial charge in [-0.2, -0.15) is 0 Å². The smallest absolute Gasteiger partial charge is 0.410 e. The van der Waals surface area contributed by atoms with Crippen molar-refractivity contribution in [2.45, 2.75) is 120 Å². The number of allylic oxidation sites excluding steroid dienone is 1. The minimum Gasteiger partial charge on any atom is -0.444 e. The van der Waals surface area contributed by atoms with Crippen molar-refractivity contribution in [3.63, 3.8) is 0 Å². The molecule has 2 aromatic carbocycles. The number of nitrogens with one attached hydrogen (secondary N) is 3. The number of nitrogens with zero attached hydrogens (tertiary/aromatic N) is 3. The Labute approximate surface area is 327 Å². The van der Waals surface area contributed by atoms with Crippen LogP contribution in [-0.2, 0) is 42.2 Å². The highest BCUT2D eigenvalue weighted by atomic mass is 32.2. The predicted molar refractivity (Wildman–Crippen MR) is 204 cm³/mol. The van der Waals surface area contributed by atoms with Gasteiger partial charge >= 0.3 is 12.1 Å². The summed E-state index contributed by atoms with van der Waals surface area (Å²) >= 11 is 0. The molecule has 14 nitrogen and oxygen atoms in total. The number of fused-ring (bicyclic) bond motifs is 3. The number of sulfonamides is 1. The molecule has 3 N–H and O–H groups in total. The Balaban J connectivity index is 1.28. The van der Waals surface area contributed by atoms with Crippen LogP contribution in [0, 0.1) is 18.7 Å². The highest BCUT2D eigenvalue weighted by molar-refractivity contribution is 7.90. The van der Waals surface area contributed by atoms with Gasteiger partial charge < -0.3 is 25.2 Å². The van der Waals surface area contributed by atoms with Gasteiger partial charge in [-0.25, -0.2) is 27.1 Å². The van der Waals surface area contributed by atoms with Crippen molar-refractivity contribution < 1.29 is 41.5 Å². The first-order valence-corrected chi connectivity index (χ1v) is 20.6. The molecule has 56 heavy (non-hydrogen) atoms. The molecule has 0 spiro atoms. The van der Waals surface area contributed by atoms with E-state index in [4.69, 9.17) is 4.74 Å². The highest BCUT2D eigenvalue weighted by Crippen LogP contribution is 2.46. The van der Waals surface area contributed by atoms with Crippen LogP contribution >= 0.6 is 0 Å². The predicted octanol–water partition coefficient (Wildman–Crippen LogP) is 4.26. The number of ether oxygens (including phenoxy) is 1. The van der Waals surface area contributed by atoms with Crippen molar-refractivity contribution in [1.82, 2.24) is 30.1 Å². The largest absolute Gasteiger partial charge is 0.444 e. The van der Waals surface area contributed by atoms with Crippen LogP contribution in [0.2, 0.25) is 0 Å². The molecule has 1 saturated heterocycles. The third-order valence-corrected chi connectivity index (χ3v) is 12.8. The molecule has 2 fully saturated rings. The minimum atomic E-state index is -4.32.